The van der Waals surface area contributed by atoms with Gasteiger partial charge >= 0.3 is 0 Å². The summed E-state index contributed by atoms with van der Waals surface area (Å²) in [6.07, 6.45) is 4.82. The van der Waals surface area contributed by atoms with Crippen LogP contribution in [0.5, 0.6) is 11.5 Å². The molecule has 17 heavy (non-hydrogen) atoms. The molecule has 0 aromatic heterocycles. The van der Waals surface area contributed by atoms with Crippen LogP contribution in [0, 0.1) is 5.92 Å². The Bertz CT molecular complexity index is 399. The van der Waals surface area contributed by atoms with Crippen molar-refractivity contribution in [2.45, 2.75) is 31.7 Å². The molecule has 0 saturated carbocycles. The monoisotopic (exact) mass is 233 g/mol. The van der Waals surface area contributed by atoms with Crippen LogP contribution in [0.1, 0.15) is 24.8 Å². The highest BCUT2D eigenvalue weighted by Gasteiger charge is 2.25. The molecular weight excluding hydrogens is 214 g/mol. The molecule has 3 nitrogen and oxygen atoms in total. The van der Waals surface area contributed by atoms with E-state index in [-0.39, 0.29) is 5.75 Å². The van der Waals surface area contributed by atoms with E-state index in [1.54, 1.807) is 6.07 Å². The normalized spacial score (nSPS) is 27.5. The zero-order valence-corrected chi connectivity index (χ0v) is 9.98. The Labute approximate surface area is 102 Å². The average Bonchev–Trinajstić information content (AvgIpc) is 2.82. The van der Waals surface area contributed by atoms with Crippen molar-refractivity contribution in [1.82, 2.24) is 5.32 Å². The van der Waals surface area contributed by atoms with Gasteiger partial charge in [0.25, 0.3) is 0 Å². The van der Waals surface area contributed by atoms with Gasteiger partial charge in [-0.05, 0) is 49.8 Å². The van der Waals surface area contributed by atoms with E-state index in [9.17, 15) is 5.11 Å². The number of aromatic hydroxyl groups is 1. The summed E-state index contributed by atoms with van der Waals surface area (Å²) in [5.41, 5.74) is 1.15. The molecule has 0 amide bonds. The minimum atomic E-state index is 0.278. The second-order valence-electron chi connectivity index (χ2n) is 5.18. The van der Waals surface area contributed by atoms with Gasteiger partial charge in [-0.1, -0.05) is 12.1 Å². The number of nitrogens with one attached hydrogen (secondary N) is 1. The van der Waals surface area contributed by atoms with Crippen LogP contribution < -0.4 is 10.1 Å². The van der Waals surface area contributed by atoms with Crippen LogP contribution in [0.2, 0.25) is 0 Å². The highest BCUT2D eigenvalue weighted by atomic mass is 16.5. The molecular formula is C14H19NO2. The molecule has 0 spiro atoms. The number of hydrogen-bond acceptors (Lipinski definition) is 3. The molecule has 0 aliphatic carbocycles. The van der Waals surface area contributed by atoms with Gasteiger partial charge < -0.3 is 15.2 Å². The summed E-state index contributed by atoms with van der Waals surface area (Å²) in [5.74, 6) is 1.56. The second-order valence-corrected chi connectivity index (χ2v) is 5.18. The van der Waals surface area contributed by atoms with Crippen molar-refractivity contribution in [2.24, 2.45) is 5.92 Å². The summed E-state index contributed by atoms with van der Waals surface area (Å²) in [4.78, 5) is 0. The number of rotatable bonds is 2. The molecule has 1 aromatic carbocycles. The van der Waals surface area contributed by atoms with E-state index in [0.29, 0.717) is 17.7 Å². The fourth-order valence-corrected chi connectivity index (χ4v) is 2.98. The SMILES string of the molecule is Oc1cccc2c1OCC(CC1CCCN1)C2. The van der Waals surface area contributed by atoms with Crippen LogP contribution in [0.4, 0.5) is 0 Å². The molecule has 2 heterocycles. The van der Waals surface area contributed by atoms with Crippen LogP contribution in [0.25, 0.3) is 0 Å². The molecule has 1 aromatic rings. The zero-order chi connectivity index (χ0) is 11.7. The molecule has 2 unspecified atom stereocenters. The van der Waals surface area contributed by atoms with Crippen molar-refractivity contribution >= 4 is 0 Å². The summed E-state index contributed by atoms with van der Waals surface area (Å²) in [6.45, 7) is 1.90. The standard InChI is InChI=1S/C14H19NO2/c16-13-5-1-3-11-7-10(9-17-14(11)13)8-12-4-2-6-15-12/h1,3,5,10,12,15-16H,2,4,6-9H2. The Kier molecular flexibility index (Phi) is 2.93. The van der Waals surface area contributed by atoms with Crippen molar-refractivity contribution in [2.75, 3.05) is 13.2 Å². The Balaban J connectivity index is 1.68. The second kappa shape index (κ2) is 4.57. The molecule has 3 heteroatoms. The maximum Gasteiger partial charge on any atom is 0.164 e. The van der Waals surface area contributed by atoms with Gasteiger partial charge in [-0.15, -0.1) is 0 Å². The number of phenolic OH excluding ortho intramolecular Hbond substituents is 1. The maximum atomic E-state index is 9.69. The van der Waals surface area contributed by atoms with Gasteiger partial charge in [0.2, 0.25) is 0 Å². The van der Waals surface area contributed by atoms with Crippen LogP contribution >= 0.6 is 0 Å². The third kappa shape index (κ3) is 2.25. The quantitative estimate of drug-likeness (QED) is 0.822. The minimum Gasteiger partial charge on any atom is -0.504 e. The van der Waals surface area contributed by atoms with Crippen LogP contribution in [-0.4, -0.2) is 24.3 Å². The zero-order valence-electron chi connectivity index (χ0n) is 9.98. The number of phenols is 1. The molecule has 0 radical (unpaired) electrons. The Morgan fingerprint density at radius 3 is 3.18 bits per heavy atom. The first-order chi connectivity index (χ1) is 8.33. The lowest BCUT2D eigenvalue weighted by Gasteiger charge is -2.27. The molecule has 2 aliphatic heterocycles. The lowest BCUT2D eigenvalue weighted by atomic mass is 9.90. The first kappa shape index (κ1) is 10.9. The smallest absolute Gasteiger partial charge is 0.164 e. The average molecular weight is 233 g/mol. The Morgan fingerprint density at radius 1 is 1.41 bits per heavy atom. The first-order valence-corrected chi connectivity index (χ1v) is 6.50. The highest BCUT2D eigenvalue weighted by Crippen LogP contribution is 2.36. The fraction of sp³-hybridized carbons (Fsp3) is 0.571. The van der Waals surface area contributed by atoms with Crippen molar-refractivity contribution in [3.63, 3.8) is 0 Å². The van der Waals surface area contributed by atoms with Gasteiger partial charge in [-0.25, -0.2) is 0 Å². The van der Waals surface area contributed by atoms with Crippen molar-refractivity contribution in [3.8, 4) is 11.5 Å². The van der Waals surface area contributed by atoms with Crippen LogP contribution in [-0.2, 0) is 6.42 Å². The van der Waals surface area contributed by atoms with Crippen LogP contribution in [0.3, 0.4) is 0 Å². The van der Waals surface area contributed by atoms with Crippen molar-refractivity contribution < 1.29 is 9.84 Å². The Hall–Kier alpha value is -1.22. The van der Waals surface area contributed by atoms with Crippen LogP contribution in [0.15, 0.2) is 18.2 Å². The van der Waals surface area contributed by atoms with E-state index < -0.39 is 0 Å². The maximum absolute atomic E-state index is 9.69. The molecule has 3 rings (SSSR count). The van der Waals surface area contributed by atoms with E-state index in [4.69, 9.17) is 4.74 Å². The fourth-order valence-electron chi connectivity index (χ4n) is 2.98. The lowest BCUT2D eigenvalue weighted by molar-refractivity contribution is 0.197. The predicted octanol–water partition coefficient (Wildman–Crippen LogP) is 2.09. The number of hydrogen-bond donors (Lipinski definition) is 2. The molecule has 1 saturated heterocycles. The predicted molar refractivity (Wildman–Crippen MR) is 66.4 cm³/mol. The molecule has 1 fully saturated rings. The Morgan fingerprint density at radius 2 is 2.35 bits per heavy atom. The summed E-state index contributed by atoms with van der Waals surface area (Å²) in [7, 11) is 0. The van der Waals surface area contributed by atoms with Crippen molar-refractivity contribution in [3.05, 3.63) is 23.8 Å². The topological polar surface area (TPSA) is 41.5 Å². The third-order valence-electron chi connectivity index (χ3n) is 3.83. The van der Waals surface area contributed by atoms with Gasteiger partial charge in [0.05, 0.1) is 6.61 Å². The van der Waals surface area contributed by atoms with Crippen molar-refractivity contribution in [1.29, 1.82) is 0 Å². The molecule has 92 valence electrons. The molecule has 2 atom stereocenters. The van der Waals surface area contributed by atoms with E-state index in [0.717, 1.165) is 25.1 Å². The van der Waals surface area contributed by atoms with E-state index in [2.05, 4.69) is 11.4 Å². The molecule has 0 bridgehead atoms. The van der Waals surface area contributed by atoms with Gasteiger partial charge in [0, 0.05) is 6.04 Å². The minimum absolute atomic E-state index is 0.278. The first-order valence-electron chi connectivity index (χ1n) is 6.50. The largest absolute Gasteiger partial charge is 0.504 e. The number of ether oxygens (including phenoxy) is 1. The van der Waals surface area contributed by atoms with E-state index in [1.807, 2.05) is 6.07 Å². The lowest BCUT2D eigenvalue weighted by Crippen LogP contribution is -2.30. The summed E-state index contributed by atoms with van der Waals surface area (Å²) >= 11 is 0. The van der Waals surface area contributed by atoms with E-state index >= 15 is 0 Å². The third-order valence-corrected chi connectivity index (χ3v) is 3.83. The molecule has 2 N–H and O–H groups in total. The van der Waals surface area contributed by atoms with Gasteiger partial charge in [0.1, 0.15) is 0 Å². The summed E-state index contributed by atoms with van der Waals surface area (Å²) in [5, 5.41) is 13.2. The highest BCUT2D eigenvalue weighted by molar-refractivity contribution is 5.46. The van der Waals surface area contributed by atoms with Gasteiger partial charge in [0.15, 0.2) is 11.5 Å². The number of para-hydroxylation sites is 1. The number of benzene rings is 1. The van der Waals surface area contributed by atoms with E-state index in [1.165, 1.54) is 19.3 Å². The summed E-state index contributed by atoms with van der Waals surface area (Å²) < 4.78 is 5.70. The summed E-state index contributed by atoms with van der Waals surface area (Å²) in [6, 6.07) is 6.32. The number of fused-ring (bicyclic) bond motifs is 1. The van der Waals surface area contributed by atoms with Gasteiger partial charge in [-0.3, -0.25) is 0 Å². The molecule has 2 aliphatic rings. The van der Waals surface area contributed by atoms with Gasteiger partial charge in [-0.2, -0.15) is 0 Å².